The lowest BCUT2D eigenvalue weighted by atomic mass is 9.90. The highest BCUT2D eigenvalue weighted by molar-refractivity contribution is 6.31. The van der Waals surface area contributed by atoms with Crippen LogP contribution in [0.1, 0.15) is 38.6 Å². The van der Waals surface area contributed by atoms with Gasteiger partial charge in [-0.3, -0.25) is 16.0 Å². The number of methoxy groups -OCH3 is 1. The lowest BCUT2D eigenvalue weighted by molar-refractivity contribution is -0.0292. The smallest absolute Gasteiger partial charge is 0.0847 e. The third kappa shape index (κ3) is 3.28. The van der Waals surface area contributed by atoms with Crippen molar-refractivity contribution in [3.05, 3.63) is 16.4 Å². The van der Waals surface area contributed by atoms with Crippen molar-refractivity contribution in [3.8, 4) is 0 Å². The summed E-state index contributed by atoms with van der Waals surface area (Å²) >= 11 is 6.34. The van der Waals surface area contributed by atoms with E-state index in [1.807, 2.05) is 25.5 Å². The summed E-state index contributed by atoms with van der Waals surface area (Å²) in [6, 6.07) is -0.0265. The van der Waals surface area contributed by atoms with E-state index in [9.17, 15) is 0 Å². The zero-order chi connectivity index (χ0) is 14.6. The van der Waals surface area contributed by atoms with E-state index in [-0.39, 0.29) is 11.6 Å². The van der Waals surface area contributed by atoms with Gasteiger partial charge in [-0.1, -0.05) is 18.5 Å². The van der Waals surface area contributed by atoms with Crippen LogP contribution in [-0.2, 0) is 17.7 Å². The van der Waals surface area contributed by atoms with E-state index >= 15 is 0 Å². The average Bonchev–Trinajstić information content (AvgIpc) is 2.70. The maximum Gasteiger partial charge on any atom is 0.0847 e. The van der Waals surface area contributed by atoms with Gasteiger partial charge in [0.2, 0.25) is 0 Å². The van der Waals surface area contributed by atoms with Crippen molar-refractivity contribution in [2.75, 3.05) is 7.11 Å². The van der Waals surface area contributed by atoms with E-state index in [4.69, 9.17) is 22.2 Å². The van der Waals surface area contributed by atoms with Gasteiger partial charge in [0, 0.05) is 20.1 Å². The monoisotopic (exact) mass is 288 g/mol. The van der Waals surface area contributed by atoms with Crippen LogP contribution in [0.15, 0.2) is 0 Å². The molecule has 0 spiro atoms. The molecule has 0 aliphatic rings. The second-order valence-corrected chi connectivity index (χ2v) is 5.33. The van der Waals surface area contributed by atoms with E-state index in [1.165, 1.54) is 0 Å². The summed E-state index contributed by atoms with van der Waals surface area (Å²) in [6.45, 7) is 8.88. The normalized spacial score (nSPS) is 16.4. The van der Waals surface area contributed by atoms with Gasteiger partial charge in [-0.25, -0.2) is 0 Å². The second-order valence-electron chi connectivity index (χ2n) is 4.96. The molecule has 19 heavy (non-hydrogen) atoms. The molecule has 0 amide bonds. The Hall–Kier alpha value is -0.620. The lowest BCUT2D eigenvalue weighted by Crippen LogP contribution is -2.54. The summed E-state index contributed by atoms with van der Waals surface area (Å²) < 4.78 is 7.54. The van der Waals surface area contributed by atoms with Gasteiger partial charge in [0.25, 0.3) is 0 Å². The number of aryl methyl sites for hydroxylation is 2. The number of ether oxygens (including phenoxy) is 1. The molecular weight excluding hydrogens is 264 g/mol. The lowest BCUT2D eigenvalue weighted by Gasteiger charge is -2.35. The maximum atomic E-state index is 6.34. The van der Waals surface area contributed by atoms with E-state index in [0.717, 1.165) is 29.4 Å². The fraction of sp³-hybridized carbons (Fsp3) is 0.769. The topological polar surface area (TPSA) is 65.1 Å². The van der Waals surface area contributed by atoms with Crippen molar-refractivity contribution < 1.29 is 4.74 Å². The highest BCUT2D eigenvalue weighted by atomic mass is 35.5. The molecule has 0 aliphatic heterocycles. The minimum Gasteiger partial charge on any atom is -0.377 e. The molecule has 0 bridgehead atoms. The molecule has 2 atom stereocenters. The van der Waals surface area contributed by atoms with Gasteiger partial charge < -0.3 is 4.74 Å². The van der Waals surface area contributed by atoms with Gasteiger partial charge in [-0.15, -0.1) is 0 Å². The van der Waals surface area contributed by atoms with E-state index in [1.54, 1.807) is 7.11 Å². The number of rotatable bonds is 7. The van der Waals surface area contributed by atoms with Crippen LogP contribution in [0.2, 0.25) is 5.02 Å². The SMILES string of the molecule is CCn1nc(C)c(Cl)c1CC(NN)C(C)(CC)OC. The molecule has 0 saturated carbocycles. The number of hydrogen-bond donors (Lipinski definition) is 2. The highest BCUT2D eigenvalue weighted by Gasteiger charge is 2.33. The Morgan fingerprint density at radius 3 is 2.58 bits per heavy atom. The first kappa shape index (κ1) is 16.4. The molecule has 0 radical (unpaired) electrons. The van der Waals surface area contributed by atoms with Crippen LogP contribution in [-0.4, -0.2) is 28.5 Å². The standard InChI is InChI=1S/C13H25ClN4O/c1-6-13(4,19-5)11(16-15)8-10-12(14)9(3)17-18(10)7-2/h11,16H,6-8,15H2,1-5H3. The minimum absolute atomic E-state index is 0.0265. The molecule has 5 nitrogen and oxygen atoms in total. The summed E-state index contributed by atoms with van der Waals surface area (Å²) in [7, 11) is 1.71. The van der Waals surface area contributed by atoms with E-state index in [2.05, 4.69) is 17.4 Å². The van der Waals surface area contributed by atoms with Crippen molar-refractivity contribution in [2.45, 2.75) is 58.7 Å². The molecule has 0 aliphatic carbocycles. The van der Waals surface area contributed by atoms with Crippen molar-refractivity contribution in [1.29, 1.82) is 0 Å². The van der Waals surface area contributed by atoms with Gasteiger partial charge in [0.15, 0.2) is 0 Å². The average molecular weight is 289 g/mol. The van der Waals surface area contributed by atoms with Crippen LogP contribution in [0, 0.1) is 6.92 Å². The molecule has 0 aromatic carbocycles. The van der Waals surface area contributed by atoms with Crippen molar-refractivity contribution >= 4 is 11.6 Å². The summed E-state index contributed by atoms with van der Waals surface area (Å²) in [5.74, 6) is 5.70. The van der Waals surface area contributed by atoms with Gasteiger partial charge in [0.1, 0.15) is 0 Å². The van der Waals surface area contributed by atoms with Gasteiger partial charge in [-0.2, -0.15) is 5.10 Å². The molecule has 1 aromatic rings. The fourth-order valence-electron chi connectivity index (χ4n) is 2.24. The van der Waals surface area contributed by atoms with Gasteiger partial charge >= 0.3 is 0 Å². The zero-order valence-electron chi connectivity index (χ0n) is 12.5. The summed E-state index contributed by atoms with van der Waals surface area (Å²) in [5.41, 5.74) is 4.37. The number of nitrogens with one attached hydrogen (secondary N) is 1. The molecular formula is C13H25ClN4O. The third-order valence-corrected chi connectivity index (χ3v) is 4.45. The molecule has 2 unspecified atom stereocenters. The predicted octanol–water partition coefficient (Wildman–Crippen LogP) is 2.05. The first-order valence-electron chi connectivity index (χ1n) is 6.66. The Kier molecular flexibility index (Phi) is 5.80. The van der Waals surface area contributed by atoms with Gasteiger partial charge in [-0.05, 0) is 27.2 Å². The van der Waals surface area contributed by atoms with Crippen molar-refractivity contribution in [2.24, 2.45) is 5.84 Å². The summed E-state index contributed by atoms with van der Waals surface area (Å²) in [6.07, 6.45) is 1.54. The highest BCUT2D eigenvalue weighted by Crippen LogP contribution is 2.26. The van der Waals surface area contributed by atoms with E-state index < -0.39 is 0 Å². The Labute approximate surface area is 120 Å². The van der Waals surface area contributed by atoms with Crippen molar-refractivity contribution in [1.82, 2.24) is 15.2 Å². The predicted molar refractivity (Wildman–Crippen MR) is 78.2 cm³/mol. The molecule has 3 N–H and O–H groups in total. The second kappa shape index (κ2) is 6.70. The Bertz CT molecular complexity index is 415. The number of hydrogen-bond acceptors (Lipinski definition) is 4. The van der Waals surface area contributed by atoms with Crippen LogP contribution in [0.5, 0.6) is 0 Å². The number of nitrogens with zero attached hydrogens (tertiary/aromatic N) is 2. The number of aromatic nitrogens is 2. The Morgan fingerprint density at radius 2 is 2.16 bits per heavy atom. The Morgan fingerprint density at radius 1 is 1.53 bits per heavy atom. The van der Waals surface area contributed by atoms with Gasteiger partial charge in [0.05, 0.1) is 28.1 Å². The number of nitrogens with two attached hydrogens (primary N) is 1. The fourth-order valence-corrected chi connectivity index (χ4v) is 2.45. The quantitative estimate of drug-likeness (QED) is 0.595. The largest absolute Gasteiger partial charge is 0.377 e. The molecule has 0 fully saturated rings. The zero-order valence-corrected chi connectivity index (χ0v) is 13.2. The first-order chi connectivity index (χ1) is 8.93. The molecule has 6 heteroatoms. The number of halogens is 1. The van der Waals surface area contributed by atoms with Crippen LogP contribution in [0.25, 0.3) is 0 Å². The molecule has 1 rings (SSSR count). The molecule has 110 valence electrons. The molecule has 1 aromatic heterocycles. The first-order valence-corrected chi connectivity index (χ1v) is 7.04. The van der Waals surface area contributed by atoms with Crippen LogP contribution >= 0.6 is 11.6 Å². The third-order valence-electron chi connectivity index (χ3n) is 3.96. The number of hydrazine groups is 1. The summed E-state index contributed by atoms with van der Waals surface area (Å²) in [4.78, 5) is 0. The maximum absolute atomic E-state index is 6.34. The molecule has 1 heterocycles. The van der Waals surface area contributed by atoms with E-state index in [0.29, 0.717) is 6.42 Å². The molecule has 0 saturated heterocycles. The summed E-state index contributed by atoms with van der Waals surface area (Å²) in [5, 5.41) is 5.14. The van der Waals surface area contributed by atoms with Crippen LogP contribution in [0.3, 0.4) is 0 Å². The van der Waals surface area contributed by atoms with Crippen molar-refractivity contribution in [3.63, 3.8) is 0 Å². The Balaban J connectivity index is 3.05. The van der Waals surface area contributed by atoms with Crippen LogP contribution in [0.4, 0.5) is 0 Å². The van der Waals surface area contributed by atoms with Crippen LogP contribution < -0.4 is 11.3 Å². The minimum atomic E-state index is -0.338.